The summed E-state index contributed by atoms with van der Waals surface area (Å²) in [7, 11) is -5.09. The maximum absolute atomic E-state index is 14.2. The summed E-state index contributed by atoms with van der Waals surface area (Å²) in [5.41, 5.74) is -6.42. The predicted molar refractivity (Wildman–Crippen MR) is 79.0 cm³/mol. The Hall–Kier alpha value is -2.29. The van der Waals surface area contributed by atoms with Crippen LogP contribution in [0, 0.1) is 58.2 Å². The fourth-order valence-corrected chi connectivity index (χ4v) is 5.18. The van der Waals surface area contributed by atoms with Crippen molar-refractivity contribution in [2.75, 3.05) is 6.16 Å². The van der Waals surface area contributed by atoms with Crippen molar-refractivity contribution in [2.24, 2.45) is 0 Å². The lowest BCUT2D eigenvalue weighted by Crippen LogP contribution is -2.59. The van der Waals surface area contributed by atoms with Crippen LogP contribution in [0.15, 0.2) is 0 Å². The first-order chi connectivity index (χ1) is 15.2. The van der Waals surface area contributed by atoms with E-state index in [1.807, 2.05) is 0 Å². The Morgan fingerprint density at radius 2 is 0.647 bits per heavy atom. The van der Waals surface area contributed by atoms with Crippen molar-refractivity contribution in [3.63, 3.8) is 0 Å². The van der Waals surface area contributed by atoms with E-state index in [4.69, 9.17) is 0 Å². The highest BCUT2D eigenvalue weighted by Gasteiger charge is 2.73. The van der Waals surface area contributed by atoms with Crippen LogP contribution in [0.4, 0.5) is 70.2 Å². The predicted octanol–water partition coefficient (Wildman–Crippen LogP) is 5.80. The molecule has 0 aliphatic rings. The monoisotopic (exact) mass is 545 g/mol. The van der Waals surface area contributed by atoms with Gasteiger partial charge in [-0.1, -0.05) is 0 Å². The molecule has 0 aromatic heterocycles. The first-order valence-electron chi connectivity index (χ1n) is 7.84. The van der Waals surface area contributed by atoms with E-state index in [0.717, 1.165) is 0 Å². The van der Waals surface area contributed by atoms with Gasteiger partial charge in [0.25, 0.3) is 5.60 Å². The van der Waals surface area contributed by atoms with Gasteiger partial charge in [-0.3, -0.25) is 0 Å². The fourth-order valence-electron chi connectivity index (χ4n) is 2.49. The summed E-state index contributed by atoms with van der Waals surface area (Å²) in [4.78, 5) is 0. The summed E-state index contributed by atoms with van der Waals surface area (Å²) in [5, 5.41) is 6.14. The molecule has 34 heavy (non-hydrogen) atoms. The summed E-state index contributed by atoms with van der Waals surface area (Å²) in [6.07, 6.45) is -17.5. The third kappa shape index (κ3) is 4.16. The second-order valence-corrected chi connectivity index (χ2v) is 8.31. The van der Waals surface area contributed by atoms with E-state index in [9.17, 15) is 75.4 Å². The minimum atomic E-state index is -7.00. The highest BCUT2D eigenvalue weighted by Crippen LogP contribution is 2.52. The third-order valence-corrected chi connectivity index (χ3v) is 6.84. The van der Waals surface area contributed by atoms with Gasteiger partial charge >= 0.3 is 12.4 Å². The molecule has 0 saturated carbocycles. The second kappa shape index (κ2) is 8.73. The molecule has 1 nitrogen and oxygen atoms in total. The summed E-state index contributed by atoms with van der Waals surface area (Å²) in [6, 6.07) is 0. The van der Waals surface area contributed by atoms with E-state index in [2.05, 4.69) is 0 Å². The second-order valence-electron chi connectivity index (χ2n) is 6.25. The molecule has 0 atom stereocenters. The lowest BCUT2D eigenvalue weighted by molar-refractivity contribution is -0.376. The summed E-state index contributed by atoms with van der Waals surface area (Å²) < 4.78 is 216. The number of halogens is 16. The van der Waals surface area contributed by atoms with Crippen LogP contribution in [0.25, 0.3) is 0 Å². The minimum absolute atomic E-state index is 2.82. The Labute approximate surface area is 177 Å². The van der Waals surface area contributed by atoms with Gasteiger partial charge < -0.3 is 0 Å². The van der Waals surface area contributed by atoms with Gasteiger partial charge in [-0.05, 0) is 7.92 Å². The van der Waals surface area contributed by atoms with Crippen LogP contribution in [0.1, 0.15) is 0 Å². The Bertz CT molecular complexity index is 996. The largest absolute Gasteiger partial charge is 0.430 e. The maximum atomic E-state index is 14.2. The number of hydrogen-bond donors (Lipinski definition) is 0. The molecule has 1 radical (unpaired) electrons. The van der Waals surface area contributed by atoms with Crippen molar-refractivity contribution >= 4 is 18.5 Å². The molecule has 18 heteroatoms. The van der Waals surface area contributed by atoms with Crippen LogP contribution < -0.4 is 10.6 Å². The first-order valence-corrected chi connectivity index (χ1v) is 9.37. The smallest absolute Gasteiger partial charge is 0.209 e. The maximum Gasteiger partial charge on any atom is 0.430 e. The van der Waals surface area contributed by atoms with Crippen LogP contribution in [-0.4, -0.2) is 24.1 Å². The van der Waals surface area contributed by atoms with Crippen molar-refractivity contribution in [3.8, 4) is 0 Å². The van der Waals surface area contributed by atoms with Crippen LogP contribution >= 0.6 is 7.92 Å². The van der Waals surface area contributed by atoms with E-state index in [-0.39, 0.29) is 0 Å². The Morgan fingerprint density at radius 3 is 0.853 bits per heavy atom. The van der Waals surface area contributed by atoms with Gasteiger partial charge in [0.05, 0.1) is 10.6 Å². The normalized spacial score (nSPS) is 13.2. The molecule has 2 aromatic rings. The highest BCUT2D eigenvalue weighted by atomic mass is 31.1. The molecule has 0 heterocycles. The summed E-state index contributed by atoms with van der Waals surface area (Å²) >= 11 is 0. The van der Waals surface area contributed by atoms with Gasteiger partial charge in [0.2, 0.25) is 11.6 Å². The van der Waals surface area contributed by atoms with Gasteiger partial charge in [0.1, 0.15) is 0 Å². The number of rotatable bonds is 4. The van der Waals surface area contributed by atoms with Crippen molar-refractivity contribution in [3.05, 3.63) is 58.2 Å². The molecule has 0 N–H and O–H groups in total. The van der Waals surface area contributed by atoms with Crippen LogP contribution in [0.5, 0.6) is 0 Å². The molecule has 0 spiro atoms. The summed E-state index contributed by atoms with van der Waals surface area (Å²) in [6.45, 7) is 0. The van der Waals surface area contributed by atoms with Crippen LogP contribution in [0.3, 0.4) is 0 Å². The van der Waals surface area contributed by atoms with Crippen LogP contribution in [0.2, 0.25) is 0 Å². The number of hydrogen-bond acceptors (Lipinski definition) is 0. The number of alkyl halides is 6. The van der Waals surface area contributed by atoms with Gasteiger partial charge in [-0.25, -0.2) is 49.0 Å². The molecule has 0 saturated heterocycles. The molecule has 0 aliphatic heterocycles. The van der Waals surface area contributed by atoms with Gasteiger partial charge in [-0.2, -0.15) is 26.3 Å². The van der Waals surface area contributed by atoms with E-state index < -0.39 is 101 Å². The zero-order chi connectivity index (χ0) is 26.7. The molecule has 0 amide bonds. The molecular weight excluding hydrogens is 543 g/mol. The highest BCUT2D eigenvalue weighted by molar-refractivity contribution is 7.73. The molecule has 2 rings (SSSR count). The molecule has 0 bridgehead atoms. The quantitative estimate of drug-likeness (QED) is 0.200. The molecule has 0 fully saturated rings. The van der Waals surface area contributed by atoms with Crippen molar-refractivity contribution in [1.82, 2.24) is 0 Å². The van der Waals surface area contributed by atoms with E-state index in [0.29, 0.717) is 0 Å². The Balaban J connectivity index is 3.10. The van der Waals surface area contributed by atoms with Gasteiger partial charge in [0.15, 0.2) is 46.5 Å². The Kier molecular flexibility index (Phi) is 7.18. The topological polar surface area (TPSA) is 19.9 Å². The fraction of sp³-hybridized carbons (Fsp3) is 0.250. The van der Waals surface area contributed by atoms with E-state index >= 15 is 0 Å². The van der Waals surface area contributed by atoms with E-state index in [1.54, 1.807) is 0 Å². The van der Waals surface area contributed by atoms with Crippen molar-refractivity contribution < 1.29 is 75.4 Å². The average molecular weight is 545 g/mol. The molecule has 2 aromatic carbocycles. The first kappa shape index (κ1) is 28.0. The SMILES string of the molecule is [O]C(CP(c1c(F)c(F)c(F)c(F)c1F)c1c(F)c(F)c(F)c(F)c1F)(C(F)(F)F)C(F)(F)F. The zero-order valence-corrected chi connectivity index (χ0v) is 16.0. The lowest BCUT2D eigenvalue weighted by Gasteiger charge is -2.34. The lowest BCUT2D eigenvalue weighted by atomic mass is 10.1. The van der Waals surface area contributed by atoms with Crippen LogP contribution in [-0.2, 0) is 5.11 Å². The minimum Gasteiger partial charge on any atom is -0.209 e. The molecule has 0 aliphatic carbocycles. The molecule has 189 valence electrons. The standard InChI is InChI=1S/C16H2F16OP/c17-2-4(19)8(23)12(9(24)5(2)20)34(1-14(33,15(27,28)29)16(30,31)32)13-10(25)6(21)3(18)7(22)11(13)26/h1H2. The zero-order valence-electron chi connectivity index (χ0n) is 15.1. The molecular formula is C16H2F16OP. The van der Waals surface area contributed by atoms with Gasteiger partial charge in [-0.15, -0.1) is 0 Å². The average Bonchev–Trinajstić information content (AvgIpc) is 2.71. The Morgan fingerprint density at radius 1 is 0.441 bits per heavy atom. The summed E-state index contributed by atoms with van der Waals surface area (Å²) in [5.74, 6) is -31.4. The molecule has 0 unspecified atom stereocenters. The third-order valence-electron chi connectivity index (χ3n) is 4.21. The van der Waals surface area contributed by atoms with Crippen molar-refractivity contribution in [2.45, 2.75) is 18.0 Å². The van der Waals surface area contributed by atoms with E-state index in [1.165, 1.54) is 0 Å². The van der Waals surface area contributed by atoms with Crippen molar-refractivity contribution in [1.29, 1.82) is 0 Å². The van der Waals surface area contributed by atoms with Gasteiger partial charge in [0, 0.05) is 6.16 Å². The number of benzene rings is 2.